The van der Waals surface area contributed by atoms with Gasteiger partial charge in [-0.25, -0.2) is 0 Å². The van der Waals surface area contributed by atoms with Gasteiger partial charge in [0, 0.05) is 0 Å². The van der Waals surface area contributed by atoms with Gasteiger partial charge in [-0.15, -0.1) is 11.3 Å². The van der Waals surface area contributed by atoms with Gasteiger partial charge in [-0.2, -0.15) is 0 Å². The minimum atomic E-state index is 0.437. The number of aromatic nitrogens is 1. The van der Waals surface area contributed by atoms with Crippen LogP contribution in [-0.2, 0) is 0 Å². The molecule has 4 heteroatoms. The highest BCUT2D eigenvalue weighted by Gasteiger charge is 2.19. The van der Waals surface area contributed by atoms with Crippen molar-refractivity contribution in [2.24, 2.45) is 0 Å². The maximum atomic E-state index is 5.97. The Kier molecular flexibility index (Phi) is 2.87. The molecule has 0 atom stereocenters. The van der Waals surface area contributed by atoms with Crippen LogP contribution in [0, 0.1) is 13.8 Å². The average molecular weight is 270 g/mol. The second kappa shape index (κ2) is 4.55. The Hall–Kier alpha value is -2.07. The minimum Gasteiger partial charge on any atom is -0.380 e. The van der Waals surface area contributed by atoms with Crippen molar-refractivity contribution in [3.63, 3.8) is 0 Å². The Balaban J connectivity index is 2.19. The van der Waals surface area contributed by atoms with Gasteiger partial charge in [0.25, 0.3) is 0 Å². The number of aryl methyl sites for hydroxylation is 2. The second-order valence-corrected chi connectivity index (χ2v) is 5.49. The van der Waals surface area contributed by atoms with Gasteiger partial charge in [-0.3, -0.25) is 0 Å². The van der Waals surface area contributed by atoms with Crippen molar-refractivity contribution in [2.45, 2.75) is 13.8 Å². The molecular formula is C15H14N2OS. The summed E-state index contributed by atoms with van der Waals surface area (Å²) in [6, 6.07) is 10.3. The molecule has 2 aromatic heterocycles. The molecule has 3 nitrogen and oxygen atoms in total. The second-order valence-electron chi connectivity index (χ2n) is 4.57. The van der Waals surface area contributed by atoms with E-state index < -0.39 is 0 Å². The first-order chi connectivity index (χ1) is 9.16. The van der Waals surface area contributed by atoms with E-state index in [1.807, 2.05) is 17.5 Å². The third-order valence-corrected chi connectivity index (χ3v) is 4.14. The van der Waals surface area contributed by atoms with Crippen LogP contribution in [0.1, 0.15) is 11.1 Å². The fourth-order valence-corrected chi connectivity index (χ4v) is 2.97. The Morgan fingerprint density at radius 3 is 2.47 bits per heavy atom. The average Bonchev–Trinajstić information content (AvgIpc) is 2.97. The first-order valence-corrected chi connectivity index (χ1v) is 6.91. The van der Waals surface area contributed by atoms with E-state index in [0.717, 1.165) is 21.8 Å². The van der Waals surface area contributed by atoms with Crippen molar-refractivity contribution in [2.75, 3.05) is 5.73 Å². The van der Waals surface area contributed by atoms with E-state index in [-0.39, 0.29) is 0 Å². The fraction of sp³-hybridized carbons (Fsp3) is 0.133. The van der Waals surface area contributed by atoms with E-state index in [1.165, 1.54) is 11.1 Å². The quantitative estimate of drug-likeness (QED) is 0.756. The van der Waals surface area contributed by atoms with E-state index in [9.17, 15) is 0 Å². The van der Waals surface area contributed by atoms with Crippen LogP contribution in [0.15, 0.2) is 40.2 Å². The molecule has 0 unspecified atom stereocenters. The summed E-state index contributed by atoms with van der Waals surface area (Å²) in [4.78, 5) is 1.08. The van der Waals surface area contributed by atoms with Crippen LogP contribution in [0.3, 0.4) is 0 Å². The number of anilines is 1. The Morgan fingerprint density at radius 1 is 1.11 bits per heavy atom. The lowest BCUT2D eigenvalue weighted by Crippen LogP contribution is -1.88. The summed E-state index contributed by atoms with van der Waals surface area (Å²) in [5, 5.41) is 5.97. The number of benzene rings is 1. The van der Waals surface area contributed by atoms with Gasteiger partial charge in [-0.1, -0.05) is 35.0 Å². The standard InChI is InChI=1S/C15H14N2OS/c1-9-3-5-11(6-4-9)12-13(18-17-15(12)16)14-10(2)7-8-19-14/h3-8H,1-2H3,(H2,16,17). The minimum absolute atomic E-state index is 0.437. The summed E-state index contributed by atoms with van der Waals surface area (Å²) in [7, 11) is 0. The van der Waals surface area contributed by atoms with Crippen molar-refractivity contribution in [1.82, 2.24) is 5.16 Å². The van der Waals surface area contributed by atoms with Gasteiger partial charge < -0.3 is 10.3 Å². The van der Waals surface area contributed by atoms with Crippen molar-refractivity contribution < 1.29 is 4.52 Å². The van der Waals surface area contributed by atoms with E-state index in [2.05, 4.69) is 37.2 Å². The maximum absolute atomic E-state index is 5.97. The lowest BCUT2D eigenvalue weighted by Gasteiger charge is -2.02. The lowest BCUT2D eigenvalue weighted by atomic mass is 10.0. The Bertz CT molecular complexity index is 710. The van der Waals surface area contributed by atoms with E-state index >= 15 is 0 Å². The predicted molar refractivity (Wildman–Crippen MR) is 79.1 cm³/mol. The summed E-state index contributed by atoms with van der Waals surface area (Å²) in [6.07, 6.45) is 0. The summed E-state index contributed by atoms with van der Waals surface area (Å²) in [5.74, 6) is 1.19. The lowest BCUT2D eigenvalue weighted by molar-refractivity contribution is 0.437. The number of thiophene rings is 1. The molecule has 0 amide bonds. The van der Waals surface area contributed by atoms with Crippen LogP contribution in [0.4, 0.5) is 5.82 Å². The molecule has 0 aliphatic heterocycles. The topological polar surface area (TPSA) is 52.0 Å². The summed E-state index contributed by atoms with van der Waals surface area (Å²) < 4.78 is 5.44. The third-order valence-electron chi connectivity index (χ3n) is 3.13. The largest absolute Gasteiger partial charge is 0.380 e. The van der Waals surface area contributed by atoms with Crippen LogP contribution in [0.25, 0.3) is 21.8 Å². The molecule has 0 saturated carbocycles. The number of hydrogen-bond donors (Lipinski definition) is 1. The van der Waals surface area contributed by atoms with Crippen molar-refractivity contribution >= 4 is 17.2 Å². The number of nitrogens with two attached hydrogens (primary N) is 1. The molecule has 0 fully saturated rings. The smallest absolute Gasteiger partial charge is 0.187 e. The highest BCUT2D eigenvalue weighted by Crippen LogP contribution is 2.40. The zero-order valence-corrected chi connectivity index (χ0v) is 11.6. The Morgan fingerprint density at radius 2 is 1.84 bits per heavy atom. The molecule has 0 radical (unpaired) electrons. The van der Waals surface area contributed by atoms with Gasteiger partial charge in [-0.05, 0) is 36.4 Å². The van der Waals surface area contributed by atoms with Crippen LogP contribution in [-0.4, -0.2) is 5.16 Å². The summed E-state index contributed by atoms with van der Waals surface area (Å²) in [5.41, 5.74) is 10.3. The highest BCUT2D eigenvalue weighted by molar-refractivity contribution is 7.13. The zero-order valence-electron chi connectivity index (χ0n) is 10.8. The van der Waals surface area contributed by atoms with Gasteiger partial charge in [0.1, 0.15) is 0 Å². The molecule has 2 heterocycles. The van der Waals surface area contributed by atoms with Gasteiger partial charge in [0.2, 0.25) is 0 Å². The van der Waals surface area contributed by atoms with Crippen LogP contribution in [0.2, 0.25) is 0 Å². The van der Waals surface area contributed by atoms with Crippen LogP contribution in [0.5, 0.6) is 0 Å². The number of nitrogen functional groups attached to an aromatic ring is 1. The van der Waals surface area contributed by atoms with Gasteiger partial charge >= 0.3 is 0 Å². The summed E-state index contributed by atoms with van der Waals surface area (Å²) >= 11 is 1.64. The SMILES string of the molecule is Cc1ccc(-c2c(N)noc2-c2sccc2C)cc1. The number of rotatable bonds is 2. The zero-order chi connectivity index (χ0) is 13.4. The molecular weight excluding hydrogens is 256 g/mol. The molecule has 0 bridgehead atoms. The van der Waals surface area contributed by atoms with E-state index in [4.69, 9.17) is 10.3 Å². The number of nitrogens with zero attached hydrogens (tertiary/aromatic N) is 1. The molecule has 1 aromatic carbocycles. The molecule has 0 aliphatic rings. The molecule has 0 aliphatic carbocycles. The van der Waals surface area contributed by atoms with Gasteiger partial charge in [0.05, 0.1) is 10.4 Å². The Labute approximate surface area is 115 Å². The molecule has 19 heavy (non-hydrogen) atoms. The van der Waals surface area contributed by atoms with Crippen LogP contribution >= 0.6 is 11.3 Å². The first kappa shape index (κ1) is 12.0. The normalized spacial score (nSPS) is 10.8. The molecule has 2 N–H and O–H groups in total. The van der Waals surface area contributed by atoms with Gasteiger partial charge in [0.15, 0.2) is 11.6 Å². The van der Waals surface area contributed by atoms with Crippen molar-refractivity contribution in [3.8, 4) is 21.8 Å². The molecule has 0 saturated heterocycles. The predicted octanol–water partition coefficient (Wildman–Crippen LogP) is 4.27. The summed E-state index contributed by atoms with van der Waals surface area (Å²) in [6.45, 7) is 4.12. The maximum Gasteiger partial charge on any atom is 0.187 e. The van der Waals surface area contributed by atoms with Crippen molar-refractivity contribution in [3.05, 3.63) is 46.8 Å². The molecule has 96 valence electrons. The van der Waals surface area contributed by atoms with E-state index in [0.29, 0.717) is 5.82 Å². The first-order valence-electron chi connectivity index (χ1n) is 6.03. The monoisotopic (exact) mass is 270 g/mol. The van der Waals surface area contributed by atoms with Crippen molar-refractivity contribution in [1.29, 1.82) is 0 Å². The van der Waals surface area contributed by atoms with Crippen LogP contribution < -0.4 is 5.73 Å². The molecule has 0 spiro atoms. The fourth-order valence-electron chi connectivity index (χ4n) is 2.06. The number of hydrogen-bond acceptors (Lipinski definition) is 4. The third kappa shape index (κ3) is 2.04. The molecule has 3 rings (SSSR count). The van der Waals surface area contributed by atoms with E-state index in [1.54, 1.807) is 11.3 Å². The highest BCUT2D eigenvalue weighted by atomic mass is 32.1. The molecule has 3 aromatic rings.